The number of carboxylic acids is 1. The van der Waals surface area contributed by atoms with Crippen molar-refractivity contribution in [1.82, 2.24) is 0 Å². The number of carboxylic acid groups (broad SMARTS) is 1. The Morgan fingerprint density at radius 1 is 1.44 bits per heavy atom. The van der Waals surface area contributed by atoms with E-state index in [0.717, 1.165) is 12.8 Å². The van der Waals surface area contributed by atoms with Crippen molar-refractivity contribution in [1.29, 1.82) is 0 Å². The summed E-state index contributed by atoms with van der Waals surface area (Å²) in [6.45, 7) is 1.76. The SMILES string of the molecule is C[C@@H](O)COc1ccc(C(=O)O)cc1OC1CC1. The van der Waals surface area contributed by atoms with Gasteiger partial charge in [-0.1, -0.05) is 0 Å². The first kappa shape index (κ1) is 12.7. The normalized spacial score (nSPS) is 16.1. The van der Waals surface area contributed by atoms with Gasteiger partial charge in [0.15, 0.2) is 11.5 Å². The van der Waals surface area contributed by atoms with Gasteiger partial charge >= 0.3 is 5.97 Å². The van der Waals surface area contributed by atoms with Crippen LogP contribution >= 0.6 is 0 Å². The zero-order valence-electron chi connectivity index (χ0n) is 10.1. The van der Waals surface area contributed by atoms with E-state index < -0.39 is 12.1 Å². The lowest BCUT2D eigenvalue weighted by atomic mass is 10.2. The van der Waals surface area contributed by atoms with Crippen molar-refractivity contribution in [2.24, 2.45) is 0 Å². The summed E-state index contributed by atoms with van der Waals surface area (Å²) in [6, 6.07) is 4.47. The van der Waals surface area contributed by atoms with Gasteiger partial charge in [0, 0.05) is 0 Å². The molecule has 0 spiro atoms. The largest absolute Gasteiger partial charge is 0.487 e. The van der Waals surface area contributed by atoms with Crippen LogP contribution < -0.4 is 9.47 Å². The van der Waals surface area contributed by atoms with Crippen LogP contribution in [0.5, 0.6) is 11.5 Å². The van der Waals surface area contributed by atoms with Gasteiger partial charge in [-0.3, -0.25) is 0 Å². The quantitative estimate of drug-likeness (QED) is 0.805. The Kier molecular flexibility index (Phi) is 3.72. The van der Waals surface area contributed by atoms with Gasteiger partial charge in [0.05, 0.1) is 17.8 Å². The molecule has 1 aromatic rings. The summed E-state index contributed by atoms with van der Waals surface area (Å²) < 4.78 is 11.0. The van der Waals surface area contributed by atoms with Crippen molar-refractivity contribution in [3.63, 3.8) is 0 Å². The molecule has 1 fully saturated rings. The molecule has 0 radical (unpaired) electrons. The lowest BCUT2D eigenvalue weighted by molar-refractivity contribution is 0.0695. The van der Waals surface area contributed by atoms with Crippen molar-refractivity contribution >= 4 is 5.97 Å². The van der Waals surface area contributed by atoms with E-state index >= 15 is 0 Å². The fourth-order valence-electron chi connectivity index (χ4n) is 1.43. The van der Waals surface area contributed by atoms with Crippen LogP contribution in [0.1, 0.15) is 30.1 Å². The Morgan fingerprint density at radius 3 is 2.72 bits per heavy atom. The number of ether oxygens (including phenoxy) is 2. The summed E-state index contributed by atoms with van der Waals surface area (Å²) in [6.07, 6.45) is 1.53. The highest BCUT2D eigenvalue weighted by atomic mass is 16.5. The number of aromatic carboxylic acids is 1. The van der Waals surface area contributed by atoms with Gasteiger partial charge in [0.25, 0.3) is 0 Å². The van der Waals surface area contributed by atoms with Gasteiger partial charge in [-0.05, 0) is 38.0 Å². The molecule has 0 unspecified atom stereocenters. The first-order valence-corrected chi connectivity index (χ1v) is 5.91. The van der Waals surface area contributed by atoms with Gasteiger partial charge < -0.3 is 19.7 Å². The summed E-state index contributed by atoms with van der Waals surface area (Å²) in [5, 5.41) is 18.1. The maximum absolute atomic E-state index is 10.9. The Balaban J connectivity index is 2.17. The summed E-state index contributed by atoms with van der Waals surface area (Å²) in [7, 11) is 0. The summed E-state index contributed by atoms with van der Waals surface area (Å²) in [5.41, 5.74) is 0.162. The third-order valence-corrected chi connectivity index (χ3v) is 2.49. The highest BCUT2D eigenvalue weighted by Gasteiger charge is 2.25. The van der Waals surface area contributed by atoms with Crippen molar-refractivity contribution in [3.8, 4) is 11.5 Å². The Bertz CT molecular complexity index is 437. The highest BCUT2D eigenvalue weighted by Crippen LogP contribution is 2.34. The van der Waals surface area contributed by atoms with Crippen LogP contribution in [0.15, 0.2) is 18.2 Å². The molecule has 5 heteroatoms. The van der Waals surface area contributed by atoms with Crippen molar-refractivity contribution in [3.05, 3.63) is 23.8 Å². The van der Waals surface area contributed by atoms with Crippen LogP contribution in [0.25, 0.3) is 0 Å². The number of rotatable bonds is 6. The molecule has 0 saturated heterocycles. The van der Waals surface area contributed by atoms with Crippen LogP contribution in [0.4, 0.5) is 0 Å². The van der Waals surface area contributed by atoms with E-state index in [9.17, 15) is 9.90 Å². The Morgan fingerprint density at radius 2 is 2.17 bits per heavy atom. The number of aliphatic hydroxyl groups is 1. The van der Waals surface area contributed by atoms with E-state index in [4.69, 9.17) is 14.6 Å². The van der Waals surface area contributed by atoms with Crippen LogP contribution in [0.3, 0.4) is 0 Å². The van der Waals surface area contributed by atoms with E-state index in [0.29, 0.717) is 11.5 Å². The first-order valence-electron chi connectivity index (χ1n) is 5.91. The molecule has 0 heterocycles. The predicted octanol–water partition coefficient (Wildman–Crippen LogP) is 1.69. The van der Waals surface area contributed by atoms with E-state index in [1.165, 1.54) is 12.1 Å². The first-order chi connectivity index (χ1) is 8.56. The number of aliphatic hydroxyl groups excluding tert-OH is 1. The third kappa shape index (κ3) is 3.37. The van der Waals surface area contributed by atoms with Gasteiger partial charge in [0.1, 0.15) is 6.61 Å². The minimum atomic E-state index is -1.00. The topological polar surface area (TPSA) is 76.0 Å². The second-order valence-corrected chi connectivity index (χ2v) is 4.44. The summed E-state index contributed by atoms with van der Waals surface area (Å²) in [4.78, 5) is 10.9. The van der Waals surface area contributed by atoms with E-state index in [1.807, 2.05) is 0 Å². The molecule has 0 aromatic heterocycles. The molecule has 2 N–H and O–H groups in total. The molecule has 1 aromatic carbocycles. The zero-order chi connectivity index (χ0) is 13.1. The Hall–Kier alpha value is -1.75. The van der Waals surface area contributed by atoms with Crippen molar-refractivity contribution in [2.45, 2.75) is 32.0 Å². The van der Waals surface area contributed by atoms with Crippen molar-refractivity contribution < 1.29 is 24.5 Å². The number of carbonyl (C=O) groups is 1. The number of hydrogen-bond donors (Lipinski definition) is 2. The van der Waals surface area contributed by atoms with E-state index in [2.05, 4.69) is 0 Å². The zero-order valence-corrected chi connectivity index (χ0v) is 10.1. The average molecular weight is 252 g/mol. The maximum Gasteiger partial charge on any atom is 0.335 e. The fourth-order valence-corrected chi connectivity index (χ4v) is 1.43. The second kappa shape index (κ2) is 5.27. The minimum Gasteiger partial charge on any atom is -0.487 e. The van der Waals surface area contributed by atoms with Gasteiger partial charge in [-0.25, -0.2) is 4.79 Å². The lowest BCUT2D eigenvalue weighted by Gasteiger charge is -2.14. The lowest BCUT2D eigenvalue weighted by Crippen LogP contribution is -2.13. The highest BCUT2D eigenvalue weighted by molar-refractivity contribution is 5.88. The van der Waals surface area contributed by atoms with Crippen LogP contribution in [-0.2, 0) is 0 Å². The monoisotopic (exact) mass is 252 g/mol. The molecule has 1 atom stereocenters. The number of benzene rings is 1. The molecule has 0 bridgehead atoms. The predicted molar refractivity (Wildman–Crippen MR) is 64.2 cm³/mol. The summed E-state index contributed by atoms with van der Waals surface area (Å²) >= 11 is 0. The Labute approximate surface area is 105 Å². The maximum atomic E-state index is 10.9. The molecule has 1 aliphatic carbocycles. The third-order valence-electron chi connectivity index (χ3n) is 2.49. The molecule has 1 saturated carbocycles. The molecule has 0 aliphatic heterocycles. The van der Waals surface area contributed by atoms with E-state index in [-0.39, 0.29) is 18.3 Å². The van der Waals surface area contributed by atoms with Crippen LogP contribution in [0, 0.1) is 0 Å². The second-order valence-electron chi connectivity index (χ2n) is 4.44. The number of hydrogen-bond acceptors (Lipinski definition) is 4. The molecular weight excluding hydrogens is 236 g/mol. The molecule has 0 amide bonds. The fraction of sp³-hybridized carbons (Fsp3) is 0.462. The molecule has 98 valence electrons. The molecule has 2 rings (SSSR count). The van der Waals surface area contributed by atoms with Crippen LogP contribution in [0.2, 0.25) is 0 Å². The van der Waals surface area contributed by atoms with Crippen molar-refractivity contribution in [2.75, 3.05) is 6.61 Å². The summed E-state index contributed by atoms with van der Waals surface area (Å²) in [5.74, 6) is -0.108. The van der Waals surface area contributed by atoms with E-state index in [1.54, 1.807) is 13.0 Å². The average Bonchev–Trinajstić information content (AvgIpc) is 3.11. The minimum absolute atomic E-state index is 0.146. The smallest absolute Gasteiger partial charge is 0.335 e. The standard InChI is InChI=1S/C13H16O5/c1-8(14)7-17-11-5-2-9(13(15)16)6-12(11)18-10-3-4-10/h2,5-6,8,10,14H,3-4,7H2,1H3,(H,15,16)/t8-/m1/s1. The molecular formula is C13H16O5. The molecule has 1 aliphatic rings. The van der Waals surface area contributed by atoms with Gasteiger partial charge in [-0.2, -0.15) is 0 Å². The van der Waals surface area contributed by atoms with Gasteiger partial charge in [-0.15, -0.1) is 0 Å². The van der Waals surface area contributed by atoms with Gasteiger partial charge in [0.2, 0.25) is 0 Å². The molecule has 5 nitrogen and oxygen atoms in total. The van der Waals surface area contributed by atoms with Crippen LogP contribution in [-0.4, -0.2) is 35.0 Å². The molecule has 18 heavy (non-hydrogen) atoms.